The minimum absolute atomic E-state index is 0.0587. The number of hydrogen-bond acceptors (Lipinski definition) is 3. The molecule has 0 unspecified atom stereocenters. The van der Waals surface area contributed by atoms with Crippen molar-refractivity contribution < 1.29 is 18.0 Å². The fourth-order valence-electron chi connectivity index (χ4n) is 2.98. The molecule has 0 aliphatic carbocycles. The number of carbonyl (C=O) groups is 1. The molecule has 2 heterocycles. The largest absolute Gasteiger partial charge is 0.416 e. The Morgan fingerprint density at radius 3 is 2.44 bits per heavy atom. The fraction of sp³-hybridized carbons (Fsp3) is 0.333. The average Bonchev–Trinajstić information content (AvgIpc) is 2.63. The van der Waals surface area contributed by atoms with Crippen molar-refractivity contribution in [2.45, 2.75) is 25.4 Å². The van der Waals surface area contributed by atoms with Crippen LogP contribution < -0.4 is 10.2 Å². The van der Waals surface area contributed by atoms with E-state index in [2.05, 4.69) is 10.3 Å². The Kier molecular flexibility index (Phi) is 5.81. The van der Waals surface area contributed by atoms with Gasteiger partial charge in [-0.1, -0.05) is 23.2 Å². The summed E-state index contributed by atoms with van der Waals surface area (Å²) >= 11 is 11.8. The fourth-order valence-corrected chi connectivity index (χ4v) is 3.32. The summed E-state index contributed by atoms with van der Waals surface area (Å²) < 4.78 is 39.4. The van der Waals surface area contributed by atoms with Crippen LogP contribution in [0.15, 0.2) is 30.3 Å². The summed E-state index contributed by atoms with van der Waals surface area (Å²) in [5.41, 5.74) is -0.390. The van der Waals surface area contributed by atoms with E-state index >= 15 is 0 Å². The Balaban J connectivity index is 1.97. The first kappa shape index (κ1) is 19.8. The van der Waals surface area contributed by atoms with E-state index in [-0.39, 0.29) is 21.6 Å². The van der Waals surface area contributed by atoms with E-state index in [9.17, 15) is 18.0 Å². The third kappa shape index (κ3) is 4.65. The normalized spacial score (nSPS) is 14.9. The topological polar surface area (TPSA) is 45.2 Å². The molecule has 3 rings (SSSR count). The van der Waals surface area contributed by atoms with Crippen LogP contribution in [0.5, 0.6) is 0 Å². The molecule has 27 heavy (non-hydrogen) atoms. The van der Waals surface area contributed by atoms with E-state index in [0.29, 0.717) is 18.8 Å². The lowest BCUT2D eigenvalue weighted by Gasteiger charge is -2.31. The van der Waals surface area contributed by atoms with Crippen molar-refractivity contribution in [3.8, 4) is 0 Å². The SMILES string of the molecule is O=C(Nc1cc(C(F)(F)F)ccc1N1CCCCC1)c1nc(Cl)ccc1Cl. The second-order valence-electron chi connectivity index (χ2n) is 6.20. The summed E-state index contributed by atoms with van der Waals surface area (Å²) in [5, 5.41) is 2.64. The molecular formula is C18H16Cl2F3N3O. The van der Waals surface area contributed by atoms with Crippen LogP contribution in [0.2, 0.25) is 10.2 Å². The zero-order chi connectivity index (χ0) is 19.6. The number of rotatable bonds is 3. The first-order chi connectivity index (χ1) is 12.8. The molecule has 4 nitrogen and oxygen atoms in total. The smallest absolute Gasteiger partial charge is 0.370 e. The second-order valence-corrected chi connectivity index (χ2v) is 6.99. The first-order valence-corrected chi connectivity index (χ1v) is 9.11. The van der Waals surface area contributed by atoms with Crippen LogP contribution in [0.4, 0.5) is 24.5 Å². The summed E-state index contributed by atoms with van der Waals surface area (Å²) in [5.74, 6) is -0.722. The molecule has 0 saturated carbocycles. The van der Waals surface area contributed by atoms with Gasteiger partial charge in [-0.25, -0.2) is 4.98 Å². The van der Waals surface area contributed by atoms with Gasteiger partial charge in [-0.15, -0.1) is 0 Å². The molecule has 1 N–H and O–H groups in total. The molecule has 1 saturated heterocycles. The first-order valence-electron chi connectivity index (χ1n) is 8.35. The lowest BCUT2D eigenvalue weighted by Crippen LogP contribution is -2.30. The lowest BCUT2D eigenvalue weighted by atomic mass is 10.1. The van der Waals surface area contributed by atoms with Gasteiger partial charge in [0.2, 0.25) is 0 Å². The van der Waals surface area contributed by atoms with Crippen LogP contribution in [0.25, 0.3) is 0 Å². The molecule has 1 aliphatic rings. The number of benzene rings is 1. The Labute approximate surface area is 164 Å². The van der Waals surface area contributed by atoms with Crippen molar-refractivity contribution in [2.75, 3.05) is 23.3 Å². The molecular weight excluding hydrogens is 402 g/mol. The van der Waals surface area contributed by atoms with Crippen LogP contribution in [0, 0.1) is 0 Å². The number of hydrogen-bond donors (Lipinski definition) is 1. The Bertz CT molecular complexity index is 852. The van der Waals surface area contributed by atoms with E-state index in [1.807, 2.05) is 4.90 Å². The molecule has 2 aromatic rings. The maximum absolute atomic E-state index is 13.1. The highest BCUT2D eigenvalue weighted by molar-refractivity contribution is 6.35. The zero-order valence-corrected chi connectivity index (χ0v) is 15.6. The molecule has 144 valence electrons. The maximum Gasteiger partial charge on any atom is 0.416 e. The monoisotopic (exact) mass is 417 g/mol. The summed E-state index contributed by atoms with van der Waals surface area (Å²) in [4.78, 5) is 18.4. The number of halogens is 5. The molecule has 1 aliphatic heterocycles. The predicted octanol–water partition coefficient (Wildman–Crippen LogP) is 5.65. The zero-order valence-electron chi connectivity index (χ0n) is 14.1. The van der Waals surface area contributed by atoms with Gasteiger partial charge >= 0.3 is 6.18 Å². The summed E-state index contributed by atoms with van der Waals surface area (Å²) in [6, 6.07) is 6.16. The molecule has 0 bridgehead atoms. The number of pyridine rings is 1. The third-order valence-corrected chi connectivity index (χ3v) is 4.81. The minimum atomic E-state index is -4.52. The Hall–Kier alpha value is -1.99. The van der Waals surface area contributed by atoms with Gasteiger partial charge in [-0.05, 0) is 49.6 Å². The van der Waals surface area contributed by atoms with Gasteiger partial charge in [0.1, 0.15) is 10.8 Å². The van der Waals surface area contributed by atoms with Gasteiger partial charge in [0, 0.05) is 13.1 Å². The number of piperidine rings is 1. The minimum Gasteiger partial charge on any atom is -0.370 e. The van der Waals surface area contributed by atoms with E-state index in [4.69, 9.17) is 23.2 Å². The highest BCUT2D eigenvalue weighted by Crippen LogP contribution is 2.36. The van der Waals surface area contributed by atoms with Gasteiger partial charge in [-0.3, -0.25) is 4.79 Å². The number of amides is 1. The number of carbonyl (C=O) groups excluding carboxylic acids is 1. The third-order valence-electron chi connectivity index (χ3n) is 4.30. The van der Waals surface area contributed by atoms with E-state index in [0.717, 1.165) is 31.4 Å². The van der Waals surface area contributed by atoms with Gasteiger partial charge in [0.05, 0.1) is 22.0 Å². The summed E-state index contributed by atoms with van der Waals surface area (Å²) in [6.07, 6.45) is -1.57. The van der Waals surface area contributed by atoms with Crippen LogP contribution in [-0.4, -0.2) is 24.0 Å². The number of anilines is 2. The summed E-state index contributed by atoms with van der Waals surface area (Å²) in [6.45, 7) is 1.43. The van der Waals surface area contributed by atoms with Crippen LogP contribution in [-0.2, 0) is 6.18 Å². The van der Waals surface area contributed by atoms with Crippen molar-refractivity contribution in [3.63, 3.8) is 0 Å². The van der Waals surface area contributed by atoms with Gasteiger partial charge in [0.25, 0.3) is 5.91 Å². The van der Waals surface area contributed by atoms with Crippen LogP contribution >= 0.6 is 23.2 Å². The number of nitrogens with one attached hydrogen (secondary N) is 1. The van der Waals surface area contributed by atoms with E-state index in [1.165, 1.54) is 18.2 Å². The predicted molar refractivity (Wildman–Crippen MR) is 99.7 cm³/mol. The van der Waals surface area contributed by atoms with Gasteiger partial charge < -0.3 is 10.2 Å². The van der Waals surface area contributed by atoms with Crippen molar-refractivity contribution in [1.82, 2.24) is 4.98 Å². The van der Waals surface area contributed by atoms with E-state index < -0.39 is 17.6 Å². The average molecular weight is 418 g/mol. The van der Waals surface area contributed by atoms with Crippen molar-refractivity contribution >= 4 is 40.5 Å². The lowest BCUT2D eigenvalue weighted by molar-refractivity contribution is -0.137. The standard InChI is InChI=1S/C18H16Cl2F3N3O/c19-12-5-7-15(20)25-16(12)17(27)24-13-10-11(18(21,22)23)4-6-14(13)26-8-2-1-3-9-26/h4-7,10H,1-3,8-9H2,(H,24,27). The number of aromatic nitrogens is 1. The second kappa shape index (κ2) is 7.94. The Morgan fingerprint density at radius 2 is 1.78 bits per heavy atom. The quantitative estimate of drug-likeness (QED) is 0.656. The molecule has 9 heteroatoms. The van der Waals surface area contributed by atoms with Crippen molar-refractivity contribution in [2.24, 2.45) is 0 Å². The molecule has 1 aromatic heterocycles. The van der Waals surface area contributed by atoms with E-state index in [1.54, 1.807) is 0 Å². The maximum atomic E-state index is 13.1. The molecule has 0 spiro atoms. The number of nitrogens with zero attached hydrogens (tertiary/aromatic N) is 2. The van der Waals surface area contributed by atoms with Crippen molar-refractivity contribution in [3.05, 3.63) is 51.8 Å². The molecule has 0 radical (unpaired) electrons. The molecule has 0 atom stereocenters. The van der Waals surface area contributed by atoms with Crippen LogP contribution in [0.1, 0.15) is 35.3 Å². The van der Waals surface area contributed by atoms with Crippen LogP contribution in [0.3, 0.4) is 0 Å². The highest BCUT2D eigenvalue weighted by Gasteiger charge is 2.32. The van der Waals surface area contributed by atoms with Gasteiger partial charge in [-0.2, -0.15) is 13.2 Å². The van der Waals surface area contributed by atoms with Gasteiger partial charge in [0.15, 0.2) is 0 Å². The summed E-state index contributed by atoms with van der Waals surface area (Å²) in [7, 11) is 0. The molecule has 1 amide bonds. The molecule has 1 aromatic carbocycles. The highest BCUT2D eigenvalue weighted by atomic mass is 35.5. The molecule has 1 fully saturated rings. The number of alkyl halides is 3. The van der Waals surface area contributed by atoms with Crippen molar-refractivity contribution in [1.29, 1.82) is 0 Å². The Morgan fingerprint density at radius 1 is 1.07 bits per heavy atom.